The van der Waals surface area contributed by atoms with Crippen molar-refractivity contribution in [3.05, 3.63) is 48.5 Å². The molecular weight excluding hydrogens is 293 g/mol. The van der Waals surface area contributed by atoms with Gasteiger partial charge < -0.3 is 15.0 Å². The Bertz CT molecular complexity index is 807. The van der Waals surface area contributed by atoms with E-state index in [9.17, 15) is 4.39 Å². The summed E-state index contributed by atoms with van der Waals surface area (Å²) in [6.07, 6.45) is 5.77. The minimum absolute atomic E-state index is 0.236. The van der Waals surface area contributed by atoms with Crippen LogP contribution in [0.3, 0.4) is 0 Å². The first kappa shape index (κ1) is 14.2. The van der Waals surface area contributed by atoms with Crippen molar-refractivity contribution in [1.29, 1.82) is 0 Å². The molecule has 1 aliphatic heterocycles. The van der Waals surface area contributed by atoms with Crippen LogP contribution < -0.4 is 5.32 Å². The average molecular weight is 311 g/mol. The van der Waals surface area contributed by atoms with Gasteiger partial charge in [0.05, 0.1) is 0 Å². The fourth-order valence-electron chi connectivity index (χ4n) is 3.03. The molecule has 2 N–H and O–H groups in total. The molecule has 0 saturated carbocycles. The summed E-state index contributed by atoms with van der Waals surface area (Å²) in [6, 6.07) is 9.25. The average Bonchev–Trinajstić information content (AvgIpc) is 2.99. The Kier molecular flexibility index (Phi) is 3.71. The highest BCUT2D eigenvalue weighted by Gasteiger charge is 2.14. The number of hydrogen-bond donors (Lipinski definition) is 2. The summed E-state index contributed by atoms with van der Waals surface area (Å²) in [5, 5.41) is 4.45. The van der Waals surface area contributed by atoms with Crippen molar-refractivity contribution in [3.8, 4) is 11.1 Å². The summed E-state index contributed by atoms with van der Waals surface area (Å²) in [5.74, 6) is 0.645. The summed E-state index contributed by atoms with van der Waals surface area (Å²) in [5.41, 5.74) is 2.84. The van der Waals surface area contributed by atoms with Crippen LogP contribution in [0.4, 0.5) is 10.2 Å². The summed E-state index contributed by atoms with van der Waals surface area (Å²) in [6.45, 7) is 1.61. The summed E-state index contributed by atoms with van der Waals surface area (Å²) < 4.78 is 18.6. The number of rotatable bonds is 3. The minimum atomic E-state index is -0.236. The molecule has 0 amide bonds. The van der Waals surface area contributed by atoms with E-state index >= 15 is 0 Å². The predicted molar refractivity (Wildman–Crippen MR) is 89.0 cm³/mol. The maximum Gasteiger partial charge on any atom is 0.126 e. The summed E-state index contributed by atoms with van der Waals surface area (Å²) in [4.78, 5) is 7.62. The predicted octanol–water partition coefficient (Wildman–Crippen LogP) is 3.96. The van der Waals surface area contributed by atoms with Crippen molar-refractivity contribution in [1.82, 2.24) is 9.97 Å². The van der Waals surface area contributed by atoms with Gasteiger partial charge in [0.1, 0.15) is 11.6 Å². The molecule has 3 aromatic rings. The number of hydrogen-bond acceptors (Lipinski definition) is 3. The molecule has 1 aromatic carbocycles. The number of nitrogens with one attached hydrogen (secondary N) is 2. The summed E-state index contributed by atoms with van der Waals surface area (Å²) >= 11 is 0. The van der Waals surface area contributed by atoms with Crippen molar-refractivity contribution in [2.75, 3.05) is 18.5 Å². The Hall–Kier alpha value is -2.40. The second-order valence-corrected chi connectivity index (χ2v) is 5.86. The van der Waals surface area contributed by atoms with Crippen LogP contribution in [0.15, 0.2) is 42.7 Å². The molecule has 2 aromatic heterocycles. The molecule has 4 rings (SSSR count). The van der Waals surface area contributed by atoms with E-state index in [1.54, 1.807) is 6.07 Å². The highest BCUT2D eigenvalue weighted by atomic mass is 19.1. The number of halogens is 1. The van der Waals surface area contributed by atoms with Gasteiger partial charge in [-0.15, -0.1) is 0 Å². The quantitative estimate of drug-likeness (QED) is 0.770. The minimum Gasteiger partial charge on any atom is -0.381 e. The molecule has 1 saturated heterocycles. The SMILES string of the molecule is Fc1ccc2c(-c3ccc(NC4CCOCC4)nc3)c[nH]c2c1. The largest absolute Gasteiger partial charge is 0.381 e. The number of benzene rings is 1. The molecule has 4 nitrogen and oxygen atoms in total. The number of H-pyrrole nitrogens is 1. The normalized spacial score (nSPS) is 15.9. The highest BCUT2D eigenvalue weighted by Crippen LogP contribution is 2.29. The fourth-order valence-corrected chi connectivity index (χ4v) is 3.03. The maximum atomic E-state index is 13.3. The topological polar surface area (TPSA) is 49.9 Å². The number of aromatic amines is 1. The number of pyridine rings is 1. The van der Waals surface area contributed by atoms with Gasteiger partial charge in [0.25, 0.3) is 0 Å². The van der Waals surface area contributed by atoms with E-state index < -0.39 is 0 Å². The number of aromatic nitrogens is 2. The van der Waals surface area contributed by atoms with Crippen LogP contribution in [0.25, 0.3) is 22.0 Å². The molecule has 0 aliphatic carbocycles. The van der Waals surface area contributed by atoms with E-state index in [-0.39, 0.29) is 5.82 Å². The van der Waals surface area contributed by atoms with Crippen molar-refractivity contribution in [2.45, 2.75) is 18.9 Å². The second-order valence-electron chi connectivity index (χ2n) is 5.86. The number of anilines is 1. The van der Waals surface area contributed by atoms with Crippen molar-refractivity contribution >= 4 is 16.7 Å². The van der Waals surface area contributed by atoms with Gasteiger partial charge in [-0.3, -0.25) is 0 Å². The van der Waals surface area contributed by atoms with Gasteiger partial charge in [0.15, 0.2) is 0 Å². The number of ether oxygens (including phenoxy) is 1. The Morgan fingerprint density at radius 1 is 1.17 bits per heavy atom. The standard InChI is InChI=1S/C18H18FN3O/c19-13-2-3-15-16(11-20-17(15)9-13)12-1-4-18(21-10-12)22-14-5-7-23-8-6-14/h1-4,9-11,14,20H,5-8H2,(H,21,22). The third-order valence-corrected chi connectivity index (χ3v) is 4.29. The number of fused-ring (bicyclic) bond motifs is 1. The van der Waals surface area contributed by atoms with Crippen LogP contribution in [0, 0.1) is 5.82 Å². The lowest BCUT2D eigenvalue weighted by Gasteiger charge is -2.23. The first-order valence-electron chi connectivity index (χ1n) is 7.87. The fraction of sp³-hybridized carbons (Fsp3) is 0.278. The Morgan fingerprint density at radius 3 is 2.83 bits per heavy atom. The van der Waals surface area contributed by atoms with E-state index in [1.165, 1.54) is 12.1 Å². The summed E-state index contributed by atoms with van der Waals surface area (Å²) in [7, 11) is 0. The van der Waals surface area contributed by atoms with Crippen LogP contribution in [0.5, 0.6) is 0 Å². The van der Waals surface area contributed by atoms with Crippen LogP contribution in [0.1, 0.15) is 12.8 Å². The first-order valence-corrected chi connectivity index (χ1v) is 7.87. The molecule has 1 aliphatic rings. The van der Waals surface area contributed by atoms with Gasteiger partial charge in [0, 0.05) is 53.7 Å². The van der Waals surface area contributed by atoms with E-state index in [0.29, 0.717) is 6.04 Å². The van der Waals surface area contributed by atoms with Crippen molar-refractivity contribution in [3.63, 3.8) is 0 Å². The van der Waals surface area contributed by atoms with Crippen LogP contribution >= 0.6 is 0 Å². The molecule has 0 radical (unpaired) electrons. The highest BCUT2D eigenvalue weighted by molar-refractivity contribution is 5.95. The van der Waals surface area contributed by atoms with Crippen LogP contribution in [-0.2, 0) is 4.74 Å². The van der Waals surface area contributed by atoms with E-state index in [2.05, 4.69) is 15.3 Å². The van der Waals surface area contributed by atoms with Crippen molar-refractivity contribution < 1.29 is 9.13 Å². The molecule has 3 heterocycles. The molecule has 0 spiro atoms. The van der Waals surface area contributed by atoms with Crippen LogP contribution in [-0.4, -0.2) is 29.2 Å². The van der Waals surface area contributed by atoms with E-state index in [1.807, 2.05) is 24.5 Å². The first-order chi connectivity index (χ1) is 11.3. The van der Waals surface area contributed by atoms with Crippen LogP contribution in [0.2, 0.25) is 0 Å². The third-order valence-electron chi connectivity index (χ3n) is 4.29. The van der Waals surface area contributed by atoms with Crippen molar-refractivity contribution in [2.24, 2.45) is 0 Å². The molecule has 118 valence electrons. The second kappa shape index (κ2) is 6.01. The molecular formula is C18H18FN3O. The number of nitrogens with zero attached hydrogens (tertiary/aromatic N) is 1. The van der Waals surface area contributed by atoms with E-state index in [0.717, 1.165) is 53.9 Å². The molecule has 5 heteroatoms. The Labute approximate surface area is 133 Å². The lowest BCUT2D eigenvalue weighted by atomic mass is 10.1. The van der Waals surface area contributed by atoms with Gasteiger partial charge >= 0.3 is 0 Å². The zero-order valence-electron chi connectivity index (χ0n) is 12.7. The molecule has 23 heavy (non-hydrogen) atoms. The molecule has 0 unspecified atom stereocenters. The third kappa shape index (κ3) is 2.92. The Morgan fingerprint density at radius 2 is 2.04 bits per heavy atom. The van der Waals surface area contributed by atoms with Gasteiger partial charge in [-0.1, -0.05) is 0 Å². The zero-order chi connectivity index (χ0) is 15.6. The van der Waals surface area contributed by atoms with Gasteiger partial charge in [-0.25, -0.2) is 9.37 Å². The lowest BCUT2D eigenvalue weighted by molar-refractivity contribution is 0.0904. The lowest BCUT2D eigenvalue weighted by Crippen LogP contribution is -2.28. The van der Waals surface area contributed by atoms with E-state index in [4.69, 9.17) is 4.74 Å². The molecule has 0 atom stereocenters. The van der Waals surface area contributed by atoms with Gasteiger partial charge in [-0.2, -0.15) is 0 Å². The smallest absolute Gasteiger partial charge is 0.126 e. The van der Waals surface area contributed by atoms with Gasteiger partial charge in [0.2, 0.25) is 0 Å². The Balaban J connectivity index is 1.57. The molecule has 0 bridgehead atoms. The molecule has 1 fully saturated rings. The monoisotopic (exact) mass is 311 g/mol. The maximum absolute atomic E-state index is 13.3. The van der Waals surface area contributed by atoms with Gasteiger partial charge in [-0.05, 0) is 43.2 Å². The zero-order valence-corrected chi connectivity index (χ0v) is 12.7.